The predicted octanol–water partition coefficient (Wildman–Crippen LogP) is 2.28. The van der Waals surface area contributed by atoms with E-state index in [9.17, 15) is 16.8 Å². The topological polar surface area (TPSA) is 71.5 Å². The first-order chi connectivity index (χ1) is 10.7. The fraction of sp³-hybridized carbons (Fsp3) is 0.625. The number of hydrogen-bond acceptors (Lipinski definition) is 4. The Kier molecular flexibility index (Phi) is 5.53. The van der Waals surface area contributed by atoms with Crippen LogP contribution in [0.5, 0.6) is 0 Å². The molecule has 130 valence electrons. The number of sulfonamides is 1. The van der Waals surface area contributed by atoms with Gasteiger partial charge in [0.2, 0.25) is 10.0 Å². The third-order valence-corrected chi connectivity index (χ3v) is 8.12. The average Bonchev–Trinajstić information content (AvgIpc) is 2.81. The Morgan fingerprint density at radius 1 is 1.26 bits per heavy atom. The quantitative estimate of drug-likeness (QED) is 0.781. The van der Waals surface area contributed by atoms with Crippen LogP contribution in [0.3, 0.4) is 0 Å². The number of aryl methyl sites for hydroxylation is 2. The molecule has 0 spiro atoms. The molecule has 0 aromatic heterocycles. The van der Waals surface area contributed by atoms with Gasteiger partial charge < -0.3 is 0 Å². The smallest absolute Gasteiger partial charge is 0.229 e. The molecule has 2 rings (SSSR count). The maximum Gasteiger partial charge on any atom is 0.243 e. The highest BCUT2D eigenvalue weighted by Crippen LogP contribution is 2.27. The molecule has 1 aromatic rings. The third-order valence-electron chi connectivity index (χ3n) is 4.28. The Bertz CT molecular complexity index is 769. The third kappa shape index (κ3) is 4.14. The van der Waals surface area contributed by atoms with Crippen molar-refractivity contribution in [1.29, 1.82) is 0 Å². The van der Waals surface area contributed by atoms with Gasteiger partial charge in [-0.3, -0.25) is 0 Å². The summed E-state index contributed by atoms with van der Waals surface area (Å²) in [5.41, 5.74) is 1.57. The number of rotatable bonds is 6. The van der Waals surface area contributed by atoms with E-state index in [2.05, 4.69) is 0 Å². The van der Waals surface area contributed by atoms with Crippen molar-refractivity contribution in [3.05, 3.63) is 29.3 Å². The minimum absolute atomic E-state index is 0.0686. The fourth-order valence-corrected chi connectivity index (χ4v) is 6.76. The first kappa shape index (κ1) is 18.4. The minimum atomic E-state index is -3.69. The van der Waals surface area contributed by atoms with Crippen LogP contribution >= 0.6 is 0 Å². The Hall–Kier alpha value is -0.920. The molecule has 0 aliphatic carbocycles. The zero-order valence-corrected chi connectivity index (χ0v) is 15.6. The van der Waals surface area contributed by atoms with Crippen LogP contribution in [-0.2, 0) is 19.9 Å². The van der Waals surface area contributed by atoms with E-state index in [4.69, 9.17) is 0 Å². The van der Waals surface area contributed by atoms with Crippen molar-refractivity contribution in [3.8, 4) is 0 Å². The van der Waals surface area contributed by atoms with Crippen LogP contribution in [0, 0.1) is 13.8 Å². The van der Waals surface area contributed by atoms with E-state index in [1.165, 1.54) is 4.31 Å². The molecule has 0 amide bonds. The van der Waals surface area contributed by atoms with Crippen molar-refractivity contribution < 1.29 is 16.8 Å². The molecule has 23 heavy (non-hydrogen) atoms. The van der Waals surface area contributed by atoms with Crippen molar-refractivity contribution >= 4 is 19.9 Å². The van der Waals surface area contributed by atoms with E-state index in [0.717, 1.165) is 18.4 Å². The normalized spacial score (nSPS) is 21.0. The van der Waals surface area contributed by atoms with Gasteiger partial charge in [-0.15, -0.1) is 0 Å². The second-order valence-corrected chi connectivity index (χ2v) is 10.4. The molecule has 5 nitrogen and oxygen atoms in total. The maximum atomic E-state index is 13.1. The summed E-state index contributed by atoms with van der Waals surface area (Å²) in [5.74, 6) is 0.00339. The molecular formula is C16H25NO4S2. The molecule has 0 radical (unpaired) electrons. The van der Waals surface area contributed by atoms with Crippen LogP contribution in [0.15, 0.2) is 23.1 Å². The van der Waals surface area contributed by atoms with Crippen LogP contribution in [-0.4, -0.2) is 45.2 Å². The van der Waals surface area contributed by atoms with Crippen molar-refractivity contribution in [2.24, 2.45) is 0 Å². The molecule has 1 aliphatic heterocycles. The first-order valence-corrected chi connectivity index (χ1v) is 11.2. The summed E-state index contributed by atoms with van der Waals surface area (Å²) in [4.78, 5) is 0.290. The molecule has 1 aliphatic rings. The van der Waals surface area contributed by atoms with Crippen LogP contribution in [0.1, 0.15) is 37.3 Å². The van der Waals surface area contributed by atoms with Crippen molar-refractivity contribution in [1.82, 2.24) is 4.31 Å². The van der Waals surface area contributed by atoms with Crippen molar-refractivity contribution in [2.45, 2.75) is 51.0 Å². The van der Waals surface area contributed by atoms with Gasteiger partial charge in [0, 0.05) is 12.6 Å². The number of hydrogen-bond donors (Lipinski definition) is 0. The fourth-order valence-electron chi connectivity index (χ4n) is 2.93. The van der Waals surface area contributed by atoms with Gasteiger partial charge in [0.05, 0.1) is 16.4 Å². The van der Waals surface area contributed by atoms with E-state index < -0.39 is 25.9 Å². The summed E-state index contributed by atoms with van der Waals surface area (Å²) in [7, 11) is -6.82. The monoisotopic (exact) mass is 359 g/mol. The van der Waals surface area contributed by atoms with Crippen LogP contribution in [0.2, 0.25) is 0 Å². The summed E-state index contributed by atoms with van der Waals surface area (Å²) in [6.45, 7) is 5.99. The largest absolute Gasteiger partial charge is 0.243 e. The molecule has 1 fully saturated rings. The molecule has 0 saturated carbocycles. The maximum absolute atomic E-state index is 13.1. The Labute approximate surface area is 139 Å². The molecule has 1 saturated heterocycles. The lowest BCUT2D eigenvalue weighted by Gasteiger charge is -2.28. The minimum Gasteiger partial charge on any atom is -0.229 e. The van der Waals surface area contributed by atoms with Crippen molar-refractivity contribution in [2.75, 3.05) is 18.1 Å². The van der Waals surface area contributed by atoms with Gasteiger partial charge in [-0.2, -0.15) is 4.31 Å². The molecule has 0 N–H and O–H groups in total. The second-order valence-electron chi connectivity index (χ2n) is 6.30. The molecule has 1 aromatic carbocycles. The van der Waals surface area contributed by atoms with Gasteiger partial charge in [0.25, 0.3) is 0 Å². The lowest BCUT2D eigenvalue weighted by Crippen LogP contribution is -2.42. The first-order valence-electron chi connectivity index (χ1n) is 7.97. The van der Waals surface area contributed by atoms with Gasteiger partial charge in [-0.1, -0.05) is 25.5 Å². The highest BCUT2D eigenvalue weighted by atomic mass is 32.2. The lowest BCUT2D eigenvalue weighted by atomic mass is 10.2. The zero-order valence-electron chi connectivity index (χ0n) is 13.9. The zero-order chi connectivity index (χ0) is 17.3. The van der Waals surface area contributed by atoms with E-state index in [-0.39, 0.29) is 16.4 Å². The highest BCUT2D eigenvalue weighted by molar-refractivity contribution is 7.92. The Morgan fingerprint density at radius 2 is 1.96 bits per heavy atom. The standard InChI is InChI=1S/C16H25NO4S2/c1-4-5-9-17(15-8-10-22(18,19)12-15)23(20,21)16-11-13(2)6-7-14(16)3/h6-7,11,15H,4-5,8-10,12H2,1-3H3/t15-/m0/s1. The summed E-state index contributed by atoms with van der Waals surface area (Å²) in [5, 5.41) is 0. The summed E-state index contributed by atoms with van der Waals surface area (Å²) in [6.07, 6.45) is 1.97. The van der Waals surface area contributed by atoms with Gasteiger partial charge in [-0.25, -0.2) is 16.8 Å². The van der Waals surface area contributed by atoms with E-state index in [0.29, 0.717) is 18.5 Å². The summed E-state index contributed by atoms with van der Waals surface area (Å²) < 4.78 is 51.3. The average molecular weight is 360 g/mol. The SMILES string of the molecule is CCCCN([C@H]1CCS(=O)(=O)C1)S(=O)(=O)c1cc(C)ccc1C. The molecular weight excluding hydrogens is 334 g/mol. The Morgan fingerprint density at radius 3 is 2.52 bits per heavy atom. The van der Waals surface area contributed by atoms with Crippen molar-refractivity contribution in [3.63, 3.8) is 0 Å². The number of sulfone groups is 1. The van der Waals surface area contributed by atoms with E-state index in [1.54, 1.807) is 19.1 Å². The van der Waals surface area contributed by atoms with Crippen LogP contribution < -0.4 is 0 Å². The van der Waals surface area contributed by atoms with Crippen LogP contribution in [0.4, 0.5) is 0 Å². The number of benzene rings is 1. The van der Waals surface area contributed by atoms with E-state index >= 15 is 0 Å². The van der Waals surface area contributed by atoms with Gasteiger partial charge in [0.15, 0.2) is 9.84 Å². The molecule has 0 unspecified atom stereocenters. The molecule has 7 heteroatoms. The Balaban J connectivity index is 2.43. The van der Waals surface area contributed by atoms with E-state index in [1.807, 2.05) is 19.9 Å². The summed E-state index contributed by atoms with van der Waals surface area (Å²) in [6, 6.07) is 4.90. The van der Waals surface area contributed by atoms with Gasteiger partial charge in [0.1, 0.15) is 0 Å². The lowest BCUT2D eigenvalue weighted by molar-refractivity contribution is 0.335. The molecule has 1 atom stereocenters. The molecule has 1 heterocycles. The predicted molar refractivity (Wildman–Crippen MR) is 91.8 cm³/mol. The van der Waals surface area contributed by atoms with Crippen LogP contribution in [0.25, 0.3) is 0 Å². The number of unbranched alkanes of at least 4 members (excludes halogenated alkanes) is 1. The summed E-state index contributed by atoms with van der Waals surface area (Å²) >= 11 is 0. The second kappa shape index (κ2) is 6.91. The van der Waals surface area contributed by atoms with Gasteiger partial charge >= 0.3 is 0 Å². The van der Waals surface area contributed by atoms with Gasteiger partial charge in [-0.05, 0) is 43.9 Å². The molecule has 0 bridgehead atoms. The highest BCUT2D eigenvalue weighted by Gasteiger charge is 2.38. The number of nitrogens with zero attached hydrogens (tertiary/aromatic N) is 1.